The van der Waals surface area contributed by atoms with E-state index in [0.29, 0.717) is 16.4 Å². The van der Waals surface area contributed by atoms with Gasteiger partial charge in [-0.3, -0.25) is 9.59 Å². The van der Waals surface area contributed by atoms with Crippen LogP contribution in [0.4, 0.5) is 5.69 Å². The van der Waals surface area contributed by atoms with Crippen LogP contribution in [0.5, 0.6) is 5.75 Å². The summed E-state index contributed by atoms with van der Waals surface area (Å²) in [5.41, 5.74) is 2.26. The Morgan fingerprint density at radius 2 is 1.75 bits per heavy atom. The number of nitrogens with one attached hydrogen (secondary N) is 1. The third kappa shape index (κ3) is 4.80. The minimum atomic E-state index is -0.390. The van der Waals surface area contributed by atoms with Crippen LogP contribution in [0.2, 0.25) is 0 Å². The molecule has 6 nitrogen and oxygen atoms in total. The number of hydrogen-bond donors (Lipinski definition) is 1. The number of aromatic nitrogens is 2. The summed E-state index contributed by atoms with van der Waals surface area (Å²) in [7, 11) is 1.59. The Hall–Kier alpha value is -3.06. The average Bonchev–Trinajstić information content (AvgIpc) is 2.70. The largest absolute Gasteiger partial charge is 0.497 e. The predicted octanol–water partition coefficient (Wildman–Crippen LogP) is 3.67. The lowest BCUT2D eigenvalue weighted by Gasteiger charge is -2.13. The van der Waals surface area contributed by atoms with Crippen molar-refractivity contribution in [2.24, 2.45) is 0 Å². The molecule has 0 saturated carbocycles. The zero-order valence-corrected chi connectivity index (χ0v) is 16.7. The minimum absolute atomic E-state index is 0.148. The number of benzene rings is 2. The van der Waals surface area contributed by atoms with Gasteiger partial charge in [-0.2, -0.15) is 9.78 Å². The van der Waals surface area contributed by atoms with Crippen LogP contribution in [-0.2, 0) is 4.79 Å². The summed E-state index contributed by atoms with van der Waals surface area (Å²) in [5, 5.41) is 7.47. The molecule has 1 N–H and O–H groups in total. The molecule has 1 amide bonds. The number of ether oxygens (including phenoxy) is 1. The van der Waals surface area contributed by atoms with Crippen molar-refractivity contribution in [2.45, 2.75) is 24.1 Å². The molecule has 0 radical (unpaired) electrons. The van der Waals surface area contributed by atoms with Crippen molar-refractivity contribution in [3.63, 3.8) is 0 Å². The lowest BCUT2D eigenvalue weighted by Crippen LogP contribution is -2.24. The van der Waals surface area contributed by atoms with E-state index < -0.39 is 5.25 Å². The summed E-state index contributed by atoms with van der Waals surface area (Å²) < 4.78 is 6.45. The Morgan fingerprint density at radius 3 is 2.39 bits per heavy atom. The molecule has 1 atom stereocenters. The molecule has 0 unspecified atom stereocenters. The Labute approximate surface area is 167 Å². The second-order valence-electron chi connectivity index (χ2n) is 6.23. The number of anilines is 1. The second kappa shape index (κ2) is 8.75. The van der Waals surface area contributed by atoms with Crippen molar-refractivity contribution in [3.8, 4) is 11.4 Å². The first-order valence-corrected chi connectivity index (χ1v) is 9.63. The van der Waals surface area contributed by atoms with Crippen molar-refractivity contribution in [3.05, 3.63) is 76.6 Å². The monoisotopic (exact) mass is 395 g/mol. The number of aryl methyl sites for hydroxylation is 1. The number of carbonyl (C=O) groups is 1. The minimum Gasteiger partial charge on any atom is -0.497 e. The number of thioether (sulfide) groups is 1. The van der Waals surface area contributed by atoms with Crippen molar-refractivity contribution < 1.29 is 9.53 Å². The van der Waals surface area contributed by atoms with E-state index in [1.807, 2.05) is 31.2 Å². The molecule has 28 heavy (non-hydrogen) atoms. The van der Waals surface area contributed by atoms with E-state index in [2.05, 4.69) is 10.4 Å². The number of hydrogen-bond acceptors (Lipinski definition) is 5. The highest BCUT2D eigenvalue weighted by molar-refractivity contribution is 8.00. The van der Waals surface area contributed by atoms with Gasteiger partial charge in [0.1, 0.15) is 10.8 Å². The van der Waals surface area contributed by atoms with Gasteiger partial charge in [0.25, 0.3) is 5.56 Å². The molecule has 0 saturated heterocycles. The molecule has 0 fully saturated rings. The summed E-state index contributed by atoms with van der Waals surface area (Å²) in [5.74, 6) is 0.577. The summed E-state index contributed by atoms with van der Waals surface area (Å²) in [6.45, 7) is 3.78. The quantitative estimate of drug-likeness (QED) is 0.645. The smallest absolute Gasteiger partial charge is 0.271 e. The number of carbonyl (C=O) groups excluding carboxylic acids is 1. The van der Waals surface area contributed by atoms with Crippen LogP contribution in [0, 0.1) is 6.92 Å². The fourth-order valence-corrected chi connectivity index (χ4v) is 3.28. The standard InChI is InChI=1S/C21H21N3O3S/c1-14-4-8-17(9-5-14)24-20(25)13-12-19(23-24)28-15(2)21(26)22-16-6-10-18(27-3)11-7-16/h4-13,15H,1-3H3,(H,22,26)/t15-/m0/s1. The van der Waals surface area contributed by atoms with E-state index in [9.17, 15) is 9.59 Å². The molecule has 3 rings (SSSR count). The van der Waals surface area contributed by atoms with Crippen molar-refractivity contribution in [1.29, 1.82) is 0 Å². The average molecular weight is 395 g/mol. The van der Waals surface area contributed by atoms with Gasteiger partial charge in [-0.05, 0) is 56.3 Å². The van der Waals surface area contributed by atoms with Gasteiger partial charge in [0.05, 0.1) is 18.0 Å². The molecule has 0 bridgehead atoms. The Bertz CT molecular complexity index is 1010. The van der Waals surface area contributed by atoms with Crippen LogP contribution >= 0.6 is 11.8 Å². The molecule has 0 spiro atoms. The maximum absolute atomic E-state index is 12.5. The molecule has 1 heterocycles. The third-order valence-corrected chi connectivity index (χ3v) is 5.11. The summed E-state index contributed by atoms with van der Waals surface area (Å²) in [6.07, 6.45) is 0. The Balaban J connectivity index is 1.71. The molecule has 1 aromatic heterocycles. The lowest BCUT2D eigenvalue weighted by molar-refractivity contribution is -0.115. The van der Waals surface area contributed by atoms with Crippen LogP contribution in [-0.4, -0.2) is 28.0 Å². The van der Waals surface area contributed by atoms with E-state index >= 15 is 0 Å². The number of methoxy groups -OCH3 is 1. The van der Waals surface area contributed by atoms with Crippen LogP contribution in [0.3, 0.4) is 0 Å². The zero-order chi connectivity index (χ0) is 20.1. The summed E-state index contributed by atoms with van der Waals surface area (Å²) in [4.78, 5) is 24.6. The highest BCUT2D eigenvalue weighted by Crippen LogP contribution is 2.22. The molecular weight excluding hydrogens is 374 g/mol. The normalized spacial score (nSPS) is 11.7. The zero-order valence-electron chi connectivity index (χ0n) is 15.9. The van der Waals surface area contributed by atoms with Gasteiger partial charge in [-0.25, -0.2) is 0 Å². The Kier molecular flexibility index (Phi) is 6.16. The first-order valence-electron chi connectivity index (χ1n) is 8.75. The number of amides is 1. The van der Waals surface area contributed by atoms with E-state index in [0.717, 1.165) is 11.3 Å². The third-order valence-electron chi connectivity index (χ3n) is 4.08. The van der Waals surface area contributed by atoms with Crippen molar-refractivity contribution in [2.75, 3.05) is 12.4 Å². The molecule has 2 aromatic carbocycles. The van der Waals surface area contributed by atoms with Gasteiger partial charge in [0, 0.05) is 11.8 Å². The van der Waals surface area contributed by atoms with Crippen LogP contribution in [0.1, 0.15) is 12.5 Å². The highest BCUT2D eigenvalue weighted by atomic mass is 32.2. The van der Waals surface area contributed by atoms with Gasteiger partial charge in [0.15, 0.2) is 0 Å². The SMILES string of the molecule is COc1ccc(NC(=O)[C@H](C)Sc2ccc(=O)n(-c3ccc(C)cc3)n2)cc1. The first kappa shape index (κ1) is 19.7. The van der Waals surface area contributed by atoms with Crippen molar-refractivity contribution in [1.82, 2.24) is 9.78 Å². The van der Waals surface area contributed by atoms with Crippen molar-refractivity contribution >= 4 is 23.4 Å². The van der Waals surface area contributed by atoms with Gasteiger partial charge in [0.2, 0.25) is 5.91 Å². The Morgan fingerprint density at radius 1 is 1.07 bits per heavy atom. The maximum atomic E-state index is 12.5. The van der Waals surface area contributed by atoms with Gasteiger partial charge >= 0.3 is 0 Å². The maximum Gasteiger partial charge on any atom is 0.271 e. The van der Waals surface area contributed by atoms with Crippen LogP contribution < -0.4 is 15.6 Å². The summed E-state index contributed by atoms with van der Waals surface area (Å²) in [6, 6.07) is 17.8. The topological polar surface area (TPSA) is 73.2 Å². The lowest BCUT2D eigenvalue weighted by atomic mass is 10.2. The fourth-order valence-electron chi connectivity index (χ4n) is 2.48. The van der Waals surface area contributed by atoms with Gasteiger partial charge in [-0.1, -0.05) is 29.5 Å². The number of nitrogens with zero attached hydrogens (tertiary/aromatic N) is 2. The predicted molar refractivity (Wildman–Crippen MR) is 112 cm³/mol. The number of rotatable bonds is 6. The first-order chi connectivity index (χ1) is 13.5. The van der Waals surface area contributed by atoms with E-state index in [1.165, 1.54) is 22.5 Å². The molecule has 7 heteroatoms. The summed E-state index contributed by atoms with van der Waals surface area (Å²) >= 11 is 1.29. The van der Waals surface area contributed by atoms with E-state index in [1.54, 1.807) is 44.4 Å². The molecule has 0 aliphatic heterocycles. The van der Waals surface area contributed by atoms with E-state index in [4.69, 9.17) is 4.74 Å². The molecule has 144 valence electrons. The molecule has 0 aliphatic rings. The van der Waals surface area contributed by atoms with E-state index in [-0.39, 0.29) is 11.5 Å². The molecule has 3 aromatic rings. The molecular formula is C21H21N3O3S. The second-order valence-corrected chi connectivity index (χ2v) is 7.60. The van der Waals surface area contributed by atoms with Crippen LogP contribution in [0.25, 0.3) is 5.69 Å². The highest BCUT2D eigenvalue weighted by Gasteiger charge is 2.16. The van der Waals surface area contributed by atoms with Crippen LogP contribution in [0.15, 0.2) is 70.5 Å². The molecule has 0 aliphatic carbocycles. The van der Waals surface area contributed by atoms with Gasteiger partial charge < -0.3 is 10.1 Å². The van der Waals surface area contributed by atoms with Gasteiger partial charge in [-0.15, -0.1) is 0 Å². The fraction of sp³-hybridized carbons (Fsp3) is 0.190.